The summed E-state index contributed by atoms with van der Waals surface area (Å²) in [5.41, 5.74) is -0.768. The molecule has 0 bridgehead atoms. The number of rotatable bonds is 3. The van der Waals surface area contributed by atoms with Crippen LogP contribution in [-0.4, -0.2) is 29.9 Å². The molecule has 6 nitrogen and oxygen atoms in total. The second kappa shape index (κ2) is 7.20. The van der Waals surface area contributed by atoms with Crippen molar-refractivity contribution >= 4 is 40.8 Å². The first-order valence-corrected chi connectivity index (χ1v) is 8.56. The average Bonchev–Trinajstić information content (AvgIpc) is 2.63. The molecule has 9 heteroatoms. The average molecular weight is 409 g/mol. The van der Waals surface area contributed by atoms with Crippen LogP contribution in [0, 0.1) is 11.6 Å². The first kappa shape index (κ1) is 19.8. The lowest BCUT2D eigenvalue weighted by Gasteiger charge is -2.41. The van der Waals surface area contributed by atoms with Gasteiger partial charge in [-0.15, -0.1) is 0 Å². The number of carbonyl (C=O) groups excluding carboxylic acids is 3. The van der Waals surface area contributed by atoms with Gasteiger partial charge in [0.15, 0.2) is 18.2 Å². The van der Waals surface area contributed by atoms with Crippen LogP contribution in [0.2, 0.25) is 5.02 Å². The number of nitrogens with zero attached hydrogens (tertiary/aromatic N) is 1. The molecular weight excluding hydrogens is 394 g/mol. The van der Waals surface area contributed by atoms with Gasteiger partial charge in [0.25, 0.3) is 5.91 Å². The Morgan fingerprint density at radius 1 is 1.18 bits per heavy atom. The number of benzene rings is 2. The molecule has 0 saturated carbocycles. The van der Waals surface area contributed by atoms with E-state index in [1.54, 1.807) is 38.1 Å². The summed E-state index contributed by atoms with van der Waals surface area (Å²) in [5, 5.41) is 2.36. The van der Waals surface area contributed by atoms with Crippen LogP contribution in [-0.2, 0) is 14.3 Å². The third kappa shape index (κ3) is 3.43. The SMILES string of the molecule is CC1(C)C(=O)Nc2ccccc2N1C(=O)COC(=O)c1cc(F)c(F)cc1Cl. The van der Waals surface area contributed by atoms with Crippen molar-refractivity contribution in [1.29, 1.82) is 0 Å². The number of anilines is 2. The van der Waals surface area contributed by atoms with E-state index in [1.807, 2.05) is 0 Å². The van der Waals surface area contributed by atoms with Gasteiger partial charge in [0.1, 0.15) is 5.54 Å². The monoisotopic (exact) mass is 408 g/mol. The van der Waals surface area contributed by atoms with Gasteiger partial charge < -0.3 is 10.1 Å². The first-order valence-electron chi connectivity index (χ1n) is 8.18. The van der Waals surface area contributed by atoms with E-state index in [9.17, 15) is 23.2 Å². The molecule has 28 heavy (non-hydrogen) atoms. The van der Waals surface area contributed by atoms with E-state index >= 15 is 0 Å². The summed E-state index contributed by atoms with van der Waals surface area (Å²) in [7, 11) is 0. The van der Waals surface area contributed by atoms with Crippen molar-refractivity contribution in [2.24, 2.45) is 0 Å². The van der Waals surface area contributed by atoms with E-state index in [2.05, 4.69) is 5.32 Å². The van der Waals surface area contributed by atoms with Crippen LogP contribution in [0.4, 0.5) is 20.2 Å². The summed E-state index contributed by atoms with van der Waals surface area (Å²) in [4.78, 5) is 38.5. The Bertz CT molecular complexity index is 994. The van der Waals surface area contributed by atoms with E-state index in [0.717, 1.165) is 0 Å². The van der Waals surface area contributed by atoms with Gasteiger partial charge in [-0.1, -0.05) is 23.7 Å². The van der Waals surface area contributed by atoms with Crippen LogP contribution in [0.1, 0.15) is 24.2 Å². The fourth-order valence-electron chi connectivity index (χ4n) is 2.85. The van der Waals surface area contributed by atoms with Crippen molar-refractivity contribution in [1.82, 2.24) is 0 Å². The number of hydrogen-bond acceptors (Lipinski definition) is 4. The number of esters is 1. The van der Waals surface area contributed by atoms with Gasteiger partial charge in [0, 0.05) is 0 Å². The minimum atomic E-state index is -1.27. The second-order valence-electron chi connectivity index (χ2n) is 6.58. The maximum Gasteiger partial charge on any atom is 0.340 e. The van der Waals surface area contributed by atoms with Crippen molar-refractivity contribution in [3.63, 3.8) is 0 Å². The Hall–Kier alpha value is -3.00. The van der Waals surface area contributed by atoms with Crippen molar-refractivity contribution in [3.05, 3.63) is 58.6 Å². The van der Waals surface area contributed by atoms with Crippen LogP contribution >= 0.6 is 11.6 Å². The van der Waals surface area contributed by atoms with E-state index in [-0.39, 0.29) is 5.02 Å². The predicted octanol–water partition coefficient (Wildman–Crippen LogP) is 3.54. The van der Waals surface area contributed by atoms with E-state index in [0.29, 0.717) is 23.5 Å². The highest BCUT2D eigenvalue weighted by atomic mass is 35.5. The lowest BCUT2D eigenvalue weighted by molar-refractivity contribution is -0.128. The van der Waals surface area contributed by atoms with Gasteiger partial charge >= 0.3 is 5.97 Å². The number of nitrogens with one attached hydrogen (secondary N) is 1. The van der Waals surface area contributed by atoms with Gasteiger partial charge in [-0.3, -0.25) is 14.5 Å². The molecule has 1 heterocycles. The van der Waals surface area contributed by atoms with E-state index in [1.165, 1.54) is 4.90 Å². The van der Waals surface area contributed by atoms with E-state index in [4.69, 9.17) is 16.3 Å². The van der Waals surface area contributed by atoms with E-state index < -0.39 is 47.1 Å². The minimum absolute atomic E-state index is 0.348. The molecule has 2 aromatic rings. The Kier molecular flexibility index (Phi) is 5.08. The molecule has 2 aromatic carbocycles. The summed E-state index contributed by atoms with van der Waals surface area (Å²) < 4.78 is 31.4. The second-order valence-corrected chi connectivity index (χ2v) is 6.99. The molecular formula is C19H15ClF2N2O4. The molecule has 3 rings (SSSR count). The van der Waals surface area contributed by atoms with Crippen molar-refractivity contribution in [2.75, 3.05) is 16.8 Å². The predicted molar refractivity (Wildman–Crippen MR) is 98.3 cm³/mol. The molecule has 146 valence electrons. The van der Waals surface area contributed by atoms with Crippen LogP contribution < -0.4 is 10.2 Å². The third-order valence-electron chi connectivity index (χ3n) is 4.31. The number of halogens is 3. The summed E-state index contributed by atoms with van der Waals surface area (Å²) in [5.74, 6) is -4.65. The normalized spacial score (nSPS) is 14.9. The summed E-state index contributed by atoms with van der Waals surface area (Å²) in [6.45, 7) is 2.37. The van der Waals surface area contributed by atoms with Gasteiger partial charge in [-0.25, -0.2) is 13.6 Å². The number of amides is 2. The molecule has 0 aromatic heterocycles. The quantitative estimate of drug-likeness (QED) is 0.622. The summed E-state index contributed by atoms with van der Waals surface area (Å²) >= 11 is 5.74. The maximum atomic E-state index is 13.4. The number of para-hydroxylation sites is 2. The molecule has 0 atom stereocenters. The minimum Gasteiger partial charge on any atom is -0.452 e. The first-order chi connectivity index (χ1) is 13.1. The highest BCUT2D eigenvalue weighted by Crippen LogP contribution is 2.36. The molecule has 1 aliphatic heterocycles. The lowest BCUT2D eigenvalue weighted by atomic mass is 9.96. The van der Waals surface area contributed by atoms with Crippen molar-refractivity contribution < 1.29 is 27.9 Å². The maximum absolute atomic E-state index is 13.4. The molecule has 0 radical (unpaired) electrons. The van der Waals surface area contributed by atoms with Crippen LogP contribution in [0.15, 0.2) is 36.4 Å². The van der Waals surface area contributed by atoms with Crippen LogP contribution in [0.3, 0.4) is 0 Å². The molecule has 1 aliphatic rings. The molecule has 2 amide bonds. The van der Waals surface area contributed by atoms with Gasteiger partial charge in [0.2, 0.25) is 5.91 Å². The zero-order valence-corrected chi connectivity index (χ0v) is 15.6. The molecule has 1 N–H and O–H groups in total. The molecule has 0 spiro atoms. The number of carbonyl (C=O) groups is 3. The Morgan fingerprint density at radius 3 is 2.54 bits per heavy atom. The van der Waals surface area contributed by atoms with Crippen molar-refractivity contribution in [2.45, 2.75) is 19.4 Å². The van der Waals surface area contributed by atoms with Crippen LogP contribution in [0.5, 0.6) is 0 Å². The van der Waals surface area contributed by atoms with Gasteiger partial charge in [-0.05, 0) is 38.1 Å². The topological polar surface area (TPSA) is 75.7 Å². The molecule has 0 unspecified atom stereocenters. The highest BCUT2D eigenvalue weighted by Gasteiger charge is 2.43. The molecule has 0 saturated heterocycles. The van der Waals surface area contributed by atoms with Gasteiger partial charge in [0.05, 0.1) is 22.0 Å². The van der Waals surface area contributed by atoms with Crippen LogP contribution in [0.25, 0.3) is 0 Å². The zero-order chi connectivity index (χ0) is 20.6. The number of fused-ring (bicyclic) bond motifs is 1. The Balaban J connectivity index is 1.82. The fraction of sp³-hybridized carbons (Fsp3) is 0.211. The number of hydrogen-bond donors (Lipinski definition) is 1. The molecule has 0 fully saturated rings. The fourth-order valence-corrected chi connectivity index (χ4v) is 3.07. The Labute approximate surface area is 164 Å². The van der Waals surface area contributed by atoms with Crippen molar-refractivity contribution in [3.8, 4) is 0 Å². The zero-order valence-electron chi connectivity index (χ0n) is 14.9. The Morgan fingerprint density at radius 2 is 1.82 bits per heavy atom. The number of ether oxygens (including phenoxy) is 1. The smallest absolute Gasteiger partial charge is 0.340 e. The lowest BCUT2D eigenvalue weighted by Crippen LogP contribution is -2.59. The standard InChI is InChI=1S/C19H15ClF2N2O4/c1-19(2)18(27)23-14-5-3-4-6-15(14)24(19)16(25)9-28-17(26)10-7-12(21)13(22)8-11(10)20/h3-8H,9H2,1-2H3,(H,23,27). The summed E-state index contributed by atoms with van der Waals surface area (Å²) in [6, 6.07) is 7.91. The summed E-state index contributed by atoms with van der Waals surface area (Å²) in [6.07, 6.45) is 0. The highest BCUT2D eigenvalue weighted by molar-refractivity contribution is 6.33. The largest absolute Gasteiger partial charge is 0.452 e. The van der Waals surface area contributed by atoms with Gasteiger partial charge in [-0.2, -0.15) is 0 Å². The third-order valence-corrected chi connectivity index (χ3v) is 4.63. The molecule has 0 aliphatic carbocycles.